The maximum absolute atomic E-state index is 13.8. The number of halogens is 2. The van der Waals surface area contributed by atoms with Crippen molar-refractivity contribution in [3.05, 3.63) is 64.4 Å². The van der Waals surface area contributed by atoms with Crippen molar-refractivity contribution in [2.45, 2.75) is 13.0 Å². The van der Waals surface area contributed by atoms with E-state index in [0.717, 1.165) is 16.8 Å². The first kappa shape index (κ1) is 16.0. The fourth-order valence-corrected chi connectivity index (χ4v) is 2.49. The molecule has 2 rings (SSSR count). The SMILES string of the molecule is CC(c1ccccc1F)N(C)CCOc1cccc(Br)c1. The maximum atomic E-state index is 13.8. The van der Waals surface area contributed by atoms with Gasteiger partial charge in [0.1, 0.15) is 18.2 Å². The van der Waals surface area contributed by atoms with Gasteiger partial charge in [-0.05, 0) is 38.2 Å². The van der Waals surface area contributed by atoms with Crippen molar-refractivity contribution in [2.24, 2.45) is 0 Å². The molecular formula is C17H19BrFNO. The van der Waals surface area contributed by atoms with Gasteiger partial charge in [0.25, 0.3) is 0 Å². The Morgan fingerprint density at radius 3 is 2.67 bits per heavy atom. The van der Waals surface area contributed by atoms with Crippen LogP contribution in [0.3, 0.4) is 0 Å². The highest BCUT2D eigenvalue weighted by molar-refractivity contribution is 9.10. The van der Waals surface area contributed by atoms with Gasteiger partial charge in [-0.3, -0.25) is 4.90 Å². The first-order valence-corrected chi connectivity index (χ1v) is 7.70. The molecule has 0 saturated carbocycles. The van der Waals surface area contributed by atoms with Crippen LogP contribution in [0.15, 0.2) is 53.0 Å². The Morgan fingerprint density at radius 2 is 1.95 bits per heavy atom. The third-order valence-electron chi connectivity index (χ3n) is 3.53. The van der Waals surface area contributed by atoms with E-state index in [9.17, 15) is 4.39 Å². The summed E-state index contributed by atoms with van der Waals surface area (Å²) in [4.78, 5) is 2.08. The molecule has 0 aliphatic heterocycles. The highest BCUT2D eigenvalue weighted by Crippen LogP contribution is 2.21. The Hall–Kier alpha value is -1.39. The van der Waals surface area contributed by atoms with E-state index in [4.69, 9.17) is 4.74 Å². The van der Waals surface area contributed by atoms with Gasteiger partial charge in [-0.25, -0.2) is 4.39 Å². The van der Waals surface area contributed by atoms with Gasteiger partial charge < -0.3 is 4.74 Å². The normalized spacial score (nSPS) is 12.4. The molecule has 1 atom stereocenters. The van der Waals surface area contributed by atoms with Crippen LogP contribution in [0, 0.1) is 5.82 Å². The number of nitrogens with zero attached hydrogens (tertiary/aromatic N) is 1. The summed E-state index contributed by atoms with van der Waals surface area (Å²) in [5, 5.41) is 0. The van der Waals surface area contributed by atoms with Crippen LogP contribution in [0.25, 0.3) is 0 Å². The molecular weight excluding hydrogens is 333 g/mol. The molecule has 2 aromatic carbocycles. The van der Waals surface area contributed by atoms with Gasteiger partial charge >= 0.3 is 0 Å². The minimum Gasteiger partial charge on any atom is -0.492 e. The summed E-state index contributed by atoms with van der Waals surface area (Å²) >= 11 is 3.41. The standard InChI is InChI=1S/C17H19BrFNO/c1-13(16-8-3-4-9-17(16)19)20(2)10-11-21-15-7-5-6-14(18)12-15/h3-9,12-13H,10-11H2,1-2H3. The second-order valence-electron chi connectivity index (χ2n) is 4.98. The average molecular weight is 352 g/mol. The molecule has 0 spiro atoms. The molecule has 2 nitrogen and oxygen atoms in total. The molecule has 0 radical (unpaired) electrons. The third kappa shape index (κ3) is 4.55. The molecule has 0 bridgehead atoms. The molecule has 0 aromatic heterocycles. The molecule has 0 heterocycles. The Bertz CT molecular complexity index is 591. The lowest BCUT2D eigenvalue weighted by molar-refractivity contribution is 0.198. The third-order valence-corrected chi connectivity index (χ3v) is 4.02. The minimum atomic E-state index is -0.162. The van der Waals surface area contributed by atoms with Crippen LogP contribution < -0.4 is 4.74 Å². The van der Waals surface area contributed by atoms with Gasteiger partial charge in [0.2, 0.25) is 0 Å². The minimum absolute atomic E-state index is 0.0114. The van der Waals surface area contributed by atoms with Crippen molar-refractivity contribution in [2.75, 3.05) is 20.2 Å². The van der Waals surface area contributed by atoms with Crippen LogP contribution in [0.4, 0.5) is 4.39 Å². The summed E-state index contributed by atoms with van der Waals surface area (Å²) in [5.41, 5.74) is 0.711. The molecule has 0 fully saturated rings. The highest BCUT2D eigenvalue weighted by Gasteiger charge is 2.14. The first-order valence-electron chi connectivity index (χ1n) is 6.91. The number of ether oxygens (including phenoxy) is 1. The van der Waals surface area contributed by atoms with Crippen molar-refractivity contribution >= 4 is 15.9 Å². The summed E-state index contributed by atoms with van der Waals surface area (Å²) in [7, 11) is 1.97. The number of hydrogen-bond acceptors (Lipinski definition) is 2. The molecule has 0 aliphatic rings. The van der Waals surface area contributed by atoms with E-state index in [1.54, 1.807) is 6.07 Å². The summed E-state index contributed by atoms with van der Waals surface area (Å²) in [6.07, 6.45) is 0. The molecule has 0 amide bonds. The number of likely N-dealkylation sites (N-methyl/N-ethyl adjacent to an activating group) is 1. The molecule has 0 N–H and O–H groups in total. The van der Waals surface area contributed by atoms with E-state index in [-0.39, 0.29) is 11.9 Å². The Kier molecular flexibility index (Phi) is 5.76. The highest BCUT2D eigenvalue weighted by atomic mass is 79.9. The van der Waals surface area contributed by atoms with E-state index in [1.807, 2.05) is 50.4 Å². The Morgan fingerprint density at radius 1 is 1.19 bits per heavy atom. The molecule has 2 aromatic rings. The summed E-state index contributed by atoms with van der Waals surface area (Å²) in [5.74, 6) is 0.668. The summed E-state index contributed by atoms with van der Waals surface area (Å²) in [6.45, 7) is 3.28. The van der Waals surface area contributed by atoms with E-state index in [1.165, 1.54) is 6.07 Å². The van der Waals surface area contributed by atoms with Gasteiger partial charge in [-0.15, -0.1) is 0 Å². The predicted octanol–water partition coefficient (Wildman–Crippen LogP) is 4.66. The Balaban J connectivity index is 1.87. The molecule has 1 unspecified atom stereocenters. The van der Waals surface area contributed by atoms with Crippen LogP contribution in [0.2, 0.25) is 0 Å². The zero-order valence-corrected chi connectivity index (χ0v) is 13.8. The fraction of sp³-hybridized carbons (Fsp3) is 0.294. The summed E-state index contributed by atoms with van der Waals surface area (Å²) < 4.78 is 20.5. The van der Waals surface area contributed by atoms with Gasteiger partial charge in [0, 0.05) is 22.6 Å². The lowest BCUT2D eigenvalue weighted by Crippen LogP contribution is -2.27. The quantitative estimate of drug-likeness (QED) is 0.750. The van der Waals surface area contributed by atoms with Gasteiger partial charge in [-0.1, -0.05) is 40.2 Å². The van der Waals surface area contributed by atoms with E-state index >= 15 is 0 Å². The molecule has 112 valence electrons. The second kappa shape index (κ2) is 7.57. The number of benzene rings is 2. The van der Waals surface area contributed by atoms with Crippen LogP contribution in [-0.2, 0) is 0 Å². The predicted molar refractivity (Wildman–Crippen MR) is 87.1 cm³/mol. The Labute approximate surface area is 133 Å². The first-order chi connectivity index (χ1) is 10.1. The van der Waals surface area contributed by atoms with Crippen molar-refractivity contribution < 1.29 is 9.13 Å². The smallest absolute Gasteiger partial charge is 0.127 e. The van der Waals surface area contributed by atoms with E-state index < -0.39 is 0 Å². The number of hydrogen-bond donors (Lipinski definition) is 0. The van der Waals surface area contributed by atoms with Crippen LogP contribution in [0.1, 0.15) is 18.5 Å². The number of rotatable bonds is 6. The largest absolute Gasteiger partial charge is 0.492 e. The monoisotopic (exact) mass is 351 g/mol. The van der Waals surface area contributed by atoms with Gasteiger partial charge in [0.15, 0.2) is 0 Å². The summed E-state index contributed by atoms with van der Waals surface area (Å²) in [6, 6.07) is 14.7. The van der Waals surface area contributed by atoms with Gasteiger partial charge in [0.05, 0.1) is 0 Å². The van der Waals surface area contributed by atoms with Crippen molar-refractivity contribution in [1.29, 1.82) is 0 Å². The van der Waals surface area contributed by atoms with Crippen LogP contribution in [-0.4, -0.2) is 25.1 Å². The van der Waals surface area contributed by atoms with Crippen molar-refractivity contribution in [3.63, 3.8) is 0 Å². The molecule has 4 heteroatoms. The van der Waals surface area contributed by atoms with Crippen molar-refractivity contribution in [1.82, 2.24) is 4.90 Å². The zero-order chi connectivity index (χ0) is 15.2. The van der Waals surface area contributed by atoms with E-state index in [2.05, 4.69) is 20.8 Å². The van der Waals surface area contributed by atoms with E-state index in [0.29, 0.717) is 12.2 Å². The maximum Gasteiger partial charge on any atom is 0.127 e. The molecule has 0 saturated heterocycles. The van der Waals surface area contributed by atoms with Gasteiger partial charge in [-0.2, -0.15) is 0 Å². The van der Waals surface area contributed by atoms with Crippen LogP contribution in [0.5, 0.6) is 5.75 Å². The lowest BCUT2D eigenvalue weighted by Gasteiger charge is -2.25. The topological polar surface area (TPSA) is 12.5 Å². The molecule has 0 aliphatic carbocycles. The average Bonchev–Trinajstić information content (AvgIpc) is 2.47. The van der Waals surface area contributed by atoms with Crippen molar-refractivity contribution in [3.8, 4) is 5.75 Å². The zero-order valence-electron chi connectivity index (χ0n) is 12.2. The molecule has 21 heavy (non-hydrogen) atoms. The fourth-order valence-electron chi connectivity index (χ4n) is 2.11. The lowest BCUT2D eigenvalue weighted by atomic mass is 10.1. The second-order valence-corrected chi connectivity index (χ2v) is 5.90. The van der Waals surface area contributed by atoms with Crippen LogP contribution >= 0.6 is 15.9 Å².